The second kappa shape index (κ2) is 10.00. The van der Waals surface area contributed by atoms with E-state index in [0.29, 0.717) is 27.1 Å². The van der Waals surface area contributed by atoms with E-state index in [1.807, 2.05) is 5.38 Å². The minimum absolute atomic E-state index is 0.00275. The van der Waals surface area contributed by atoms with Gasteiger partial charge in [-0.15, -0.1) is 22.7 Å². The third-order valence-corrected chi connectivity index (χ3v) is 8.41. The molecule has 7 nitrogen and oxygen atoms in total. The van der Waals surface area contributed by atoms with Crippen LogP contribution in [0.1, 0.15) is 27.3 Å². The van der Waals surface area contributed by atoms with Crippen molar-refractivity contribution in [2.24, 2.45) is 0 Å². The Bertz CT molecular complexity index is 1890. The Labute approximate surface area is 230 Å². The summed E-state index contributed by atoms with van der Waals surface area (Å²) in [4.78, 5) is 28.9. The molecule has 2 aromatic carbocycles. The van der Waals surface area contributed by atoms with E-state index in [0.717, 1.165) is 16.3 Å². The first kappa shape index (κ1) is 26.7. The molecular formula is C26H15ClF3N3O4S2. The Morgan fingerprint density at radius 3 is 2.62 bits per heavy atom. The summed E-state index contributed by atoms with van der Waals surface area (Å²) < 4.78 is 48.4. The summed E-state index contributed by atoms with van der Waals surface area (Å²) in [5, 5.41) is 22.5. The number of aryl methyl sites for hydroxylation is 1. The van der Waals surface area contributed by atoms with Crippen LogP contribution in [0.5, 0.6) is 5.75 Å². The third-order valence-electron chi connectivity index (χ3n) is 6.02. The van der Waals surface area contributed by atoms with Crippen molar-refractivity contribution >= 4 is 60.5 Å². The highest BCUT2D eigenvalue weighted by molar-refractivity contribution is 7.27. The van der Waals surface area contributed by atoms with Crippen molar-refractivity contribution in [3.63, 3.8) is 0 Å². The maximum atomic E-state index is 13.3. The molecular weight excluding hydrogens is 575 g/mol. The Morgan fingerprint density at radius 1 is 1.18 bits per heavy atom. The number of benzene rings is 2. The average molecular weight is 590 g/mol. The number of carboxylic acids is 1. The summed E-state index contributed by atoms with van der Waals surface area (Å²) in [6, 6.07) is 8.06. The second-order valence-electron chi connectivity index (χ2n) is 8.39. The summed E-state index contributed by atoms with van der Waals surface area (Å²) >= 11 is 8.84. The van der Waals surface area contributed by atoms with Crippen LogP contribution in [0.25, 0.3) is 31.4 Å². The van der Waals surface area contributed by atoms with Crippen LogP contribution in [-0.4, -0.2) is 27.2 Å². The van der Waals surface area contributed by atoms with Crippen LogP contribution in [0.3, 0.4) is 0 Å². The molecule has 0 atom stereocenters. The Morgan fingerprint density at radius 2 is 1.92 bits per heavy atom. The van der Waals surface area contributed by atoms with E-state index in [1.165, 1.54) is 34.2 Å². The van der Waals surface area contributed by atoms with Crippen LogP contribution < -0.4 is 10.3 Å². The fourth-order valence-corrected chi connectivity index (χ4v) is 6.76. The van der Waals surface area contributed by atoms with Crippen molar-refractivity contribution in [1.29, 1.82) is 5.26 Å². The highest BCUT2D eigenvalue weighted by Crippen LogP contribution is 2.44. The van der Waals surface area contributed by atoms with Gasteiger partial charge in [0.05, 0.1) is 43.5 Å². The van der Waals surface area contributed by atoms with E-state index in [-0.39, 0.29) is 35.4 Å². The van der Waals surface area contributed by atoms with Gasteiger partial charge in [-0.1, -0.05) is 11.6 Å². The Hall–Kier alpha value is -3.92. The monoisotopic (exact) mass is 589 g/mol. The number of nitrogens with zero attached hydrogens (tertiary/aromatic N) is 3. The summed E-state index contributed by atoms with van der Waals surface area (Å²) in [7, 11) is 0. The van der Waals surface area contributed by atoms with Gasteiger partial charge in [0.15, 0.2) is 0 Å². The van der Waals surface area contributed by atoms with Gasteiger partial charge in [-0.3, -0.25) is 9.36 Å². The van der Waals surface area contributed by atoms with Crippen LogP contribution in [0.2, 0.25) is 5.02 Å². The third kappa shape index (κ3) is 4.85. The first-order valence-corrected chi connectivity index (χ1v) is 13.3. The smallest absolute Gasteiger partial charge is 0.416 e. The first-order valence-electron chi connectivity index (χ1n) is 11.2. The molecule has 5 rings (SSSR count). The standard InChI is InChI=1S/C26H15ClF3N3O4S2/c1-12-32-19-7-14(26(28,29)30)6-13(9-31)21(19)24(34)33(12)4-5-37-20-3-2-15(27)8-16(20)17-10-38-23-18(25(35)36)11-39-22(17)23/h2-3,6-8,10-11H,4-5H2,1H3,(H,35,36). The van der Waals surface area contributed by atoms with Gasteiger partial charge < -0.3 is 9.84 Å². The maximum Gasteiger partial charge on any atom is 0.416 e. The van der Waals surface area contributed by atoms with E-state index < -0.39 is 28.8 Å². The molecule has 0 amide bonds. The molecule has 5 aromatic rings. The molecule has 13 heteroatoms. The zero-order chi connectivity index (χ0) is 28.1. The number of rotatable bonds is 6. The molecule has 0 aliphatic rings. The van der Waals surface area contributed by atoms with Gasteiger partial charge in [-0.05, 0) is 37.3 Å². The Kier molecular flexibility index (Phi) is 6.84. The normalized spacial score (nSPS) is 11.7. The summed E-state index contributed by atoms with van der Waals surface area (Å²) in [5.41, 5.74) is -0.720. The second-order valence-corrected chi connectivity index (χ2v) is 10.6. The molecule has 0 bridgehead atoms. The van der Waals surface area contributed by atoms with Gasteiger partial charge in [0.2, 0.25) is 0 Å². The first-order chi connectivity index (χ1) is 18.5. The number of aromatic carboxylic acids is 1. The lowest BCUT2D eigenvalue weighted by molar-refractivity contribution is -0.137. The molecule has 0 unspecified atom stereocenters. The number of fused-ring (bicyclic) bond motifs is 2. The number of carbonyl (C=O) groups is 1. The number of hydrogen-bond donors (Lipinski definition) is 1. The van der Waals surface area contributed by atoms with Gasteiger partial charge in [-0.2, -0.15) is 18.4 Å². The minimum Gasteiger partial charge on any atom is -0.491 e. The van der Waals surface area contributed by atoms with Crippen LogP contribution in [0.4, 0.5) is 13.2 Å². The molecule has 39 heavy (non-hydrogen) atoms. The number of carboxylic acid groups (broad SMARTS) is 1. The lowest BCUT2D eigenvalue weighted by Crippen LogP contribution is -2.27. The van der Waals surface area contributed by atoms with E-state index in [2.05, 4.69) is 4.98 Å². The predicted molar refractivity (Wildman–Crippen MR) is 143 cm³/mol. The van der Waals surface area contributed by atoms with Gasteiger partial charge >= 0.3 is 12.1 Å². The van der Waals surface area contributed by atoms with Crippen molar-refractivity contribution in [3.05, 3.63) is 79.0 Å². The van der Waals surface area contributed by atoms with Crippen molar-refractivity contribution in [1.82, 2.24) is 9.55 Å². The fourth-order valence-electron chi connectivity index (χ4n) is 4.21. The molecule has 0 radical (unpaired) electrons. The highest BCUT2D eigenvalue weighted by atomic mass is 35.5. The maximum absolute atomic E-state index is 13.3. The fraction of sp³-hybridized carbons (Fsp3) is 0.154. The Balaban J connectivity index is 1.47. The van der Waals surface area contributed by atoms with E-state index >= 15 is 0 Å². The molecule has 0 aliphatic carbocycles. The van der Waals surface area contributed by atoms with Gasteiger partial charge in [0.25, 0.3) is 5.56 Å². The topological polar surface area (TPSA) is 105 Å². The van der Waals surface area contributed by atoms with Gasteiger partial charge in [0, 0.05) is 26.9 Å². The van der Waals surface area contributed by atoms with E-state index in [9.17, 15) is 33.1 Å². The van der Waals surface area contributed by atoms with Crippen LogP contribution in [0.15, 0.2) is 45.9 Å². The highest BCUT2D eigenvalue weighted by Gasteiger charge is 2.32. The van der Waals surface area contributed by atoms with E-state index in [4.69, 9.17) is 16.3 Å². The van der Waals surface area contributed by atoms with Crippen LogP contribution in [0, 0.1) is 18.3 Å². The summed E-state index contributed by atoms with van der Waals surface area (Å²) in [6.45, 7) is 1.48. The van der Waals surface area contributed by atoms with Crippen molar-refractivity contribution in [3.8, 4) is 22.9 Å². The molecule has 3 aromatic heterocycles. The average Bonchev–Trinajstić information content (AvgIpc) is 3.47. The number of aromatic nitrogens is 2. The lowest BCUT2D eigenvalue weighted by Gasteiger charge is -2.15. The SMILES string of the molecule is Cc1nc2cc(C(F)(F)F)cc(C#N)c2c(=O)n1CCOc1ccc(Cl)cc1-c1csc2c(C(=O)O)csc12. The molecule has 0 saturated carbocycles. The van der Waals surface area contributed by atoms with Crippen molar-refractivity contribution in [2.75, 3.05) is 6.61 Å². The van der Waals surface area contributed by atoms with Crippen molar-refractivity contribution in [2.45, 2.75) is 19.6 Å². The quantitative estimate of drug-likeness (QED) is 0.229. The zero-order valence-corrected chi connectivity index (χ0v) is 22.2. The van der Waals surface area contributed by atoms with Gasteiger partial charge in [0.1, 0.15) is 24.3 Å². The molecule has 3 heterocycles. The molecule has 0 spiro atoms. The predicted octanol–water partition coefficient (Wildman–Crippen LogP) is 6.97. The summed E-state index contributed by atoms with van der Waals surface area (Å²) in [6.07, 6.45) is -4.69. The molecule has 198 valence electrons. The zero-order valence-electron chi connectivity index (χ0n) is 19.8. The number of alkyl halides is 3. The minimum atomic E-state index is -4.69. The molecule has 0 aliphatic heterocycles. The number of thiophene rings is 2. The van der Waals surface area contributed by atoms with E-state index in [1.54, 1.807) is 29.6 Å². The number of nitriles is 1. The molecule has 1 N–H and O–H groups in total. The van der Waals surface area contributed by atoms with Crippen LogP contribution in [-0.2, 0) is 12.7 Å². The number of ether oxygens (including phenoxy) is 1. The molecule has 0 saturated heterocycles. The van der Waals surface area contributed by atoms with Gasteiger partial charge in [-0.25, -0.2) is 9.78 Å². The molecule has 0 fully saturated rings. The van der Waals surface area contributed by atoms with Crippen LogP contribution >= 0.6 is 34.3 Å². The lowest BCUT2D eigenvalue weighted by atomic mass is 10.1. The van der Waals surface area contributed by atoms with Crippen molar-refractivity contribution < 1.29 is 27.8 Å². The largest absolute Gasteiger partial charge is 0.491 e. The number of halogens is 4. The number of hydrogen-bond acceptors (Lipinski definition) is 7. The summed E-state index contributed by atoms with van der Waals surface area (Å²) in [5.74, 6) is -0.414.